The molecule has 0 aliphatic heterocycles. The van der Waals surface area contributed by atoms with E-state index in [9.17, 15) is 39.7 Å². The Morgan fingerprint density at radius 3 is 1.58 bits per heavy atom. The molecule has 19 heavy (non-hydrogen) atoms. The first-order chi connectivity index (χ1) is 8.16. The standard InChI is InChI=1S/C8H11NO9.Fe/c10-5(11)1-3(7(14)15)9(18)4(8(16)17)2-6(12)13;/h3-4,18H,1-2H2,(H,10,11)(H,12,13)(H,14,15)(H,16,17);/q;+3/p-3. The molecular weight excluding hydrogens is 310 g/mol. The van der Waals surface area contributed by atoms with Gasteiger partial charge in [0.25, 0.3) is 0 Å². The van der Waals surface area contributed by atoms with Gasteiger partial charge in [0.2, 0.25) is 0 Å². The van der Waals surface area contributed by atoms with Crippen LogP contribution in [0.2, 0.25) is 0 Å². The molecular formula is C8H8FeNO9. The van der Waals surface area contributed by atoms with Gasteiger partial charge < -0.3 is 40.0 Å². The van der Waals surface area contributed by atoms with Gasteiger partial charge in [-0.2, -0.15) is 5.06 Å². The summed E-state index contributed by atoms with van der Waals surface area (Å²) in [6.07, 6.45) is -2.50. The summed E-state index contributed by atoms with van der Waals surface area (Å²) in [5, 5.41) is 48.4. The molecule has 107 valence electrons. The summed E-state index contributed by atoms with van der Waals surface area (Å²) in [5.74, 6) is -7.72. The summed E-state index contributed by atoms with van der Waals surface area (Å²) < 4.78 is 0. The third-order valence-corrected chi connectivity index (χ3v) is 1.92. The Kier molecular flexibility index (Phi) is 8.72. The van der Waals surface area contributed by atoms with Gasteiger partial charge in [0, 0.05) is 24.8 Å². The van der Waals surface area contributed by atoms with Gasteiger partial charge in [-0.25, -0.2) is 0 Å². The van der Waals surface area contributed by atoms with Crippen molar-refractivity contribution in [3.8, 4) is 0 Å². The van der Waals surface area contributed by atoms with Crippen LogP contribution in [0.4, 0.5) is 0 Å². The third kappa shape index (κ3) is 6.72. The largest absolute Gasteiger partial charge is 3.00 e. The summed E-state index contributed by atoms with van der Waals surface area (Å²) in [7, 11) is 0. The van der Waals surface area contributed by atoms with Crippen molar-refractivity contribution in [2.45, 2.75) is 24.9 Å². The van der Waals surface area contributed by atoms with Crippen molar-refractivity contribution >= 4 is 23.9 Å². The number of hydrogen-bond donors (Lipinski definition) is 2. The Hall–Kier alpha value is -1.68. The molecule has 0 aromatic carbocycles. The molecule has 0 bridgehead atoms. The van der Waals surface area contributed by atoms with Crippen molar-refractivity contribution in [1.82, 2.24) is 5.06 Å². The van der Waals surface area contributed by atoms with E-state index in [2.05, 4.69) is 0 Å². The SMILES string of the molecule is O=C([O-])CC(C(=O)[O-])N(O)C(CC(=O)[O-])C(=O)O.[Fe+3]. The van der Waals surface area contributed by atoms with Crippen LogP contribution >= 0.6 is 0 Å². The van der Waals surface area contributed by atoms with Crippen LogP contribution in [0.25, 0.3) is 0 Å². The van der Waals surface area contributed by atoms with Crippen LogP contribution in [0.3, 0.4) is 0 Å². The molecule has 0 spiro atoms. The molecule has 0 aromatic heterocycles. The Labute approximate surface area is 116 Å². The van der Waals surface area contributed by atoms with Gasteiger partial charge in [0.1, 0.15) is 6.04 Å². The number of nitrogens with zero attached hydrogens (tertiary/aromatic N) is 1. The molecule has 0 aliphatic carbocycles. The number of rotatable bonds is 8. The molecule has 0 amide bonds. The summed E-state index contributed by atoms with van der Waals surface area (Å²) in [6.45, 7) is 0. The fraction of sp³-hybridized carbons (Fsp3) is 0.500. The maximum atomic E-state index is 10.6. The van der Waals surface area contributed by atoms with E-state index in [1.54, 1.807) is 0 Å². The van der Waals surface area contributed by atoms with E-state index in [1.807, 2.05) is 0 Å². The second-order valence-electron chi connectivity index (χ2n) is 3.22. The quantitative estimate of drug-likeness (QED) is 0.323. The summed E-state index contributed by atoms with van der Waals surface area (Å²) in [5.41, 5.74) is 0. The molecule has 0 aromatic rings. The minimum atomic E-state index is -2.25. The van der Waals surface area contributed by atoms with Crippen LogP contribution in [0.15, 0.2) is 0 Å². The minimum Gasteiger partial charge on any atom is -0.550 e. The Morgan fingerprint density at radius 1 is 0.947 bits per heavy atom. The number of carboxylic acids is 4. The van der Waals surface area contributed by atoms with Crippen molar-refractivity contribution in [2.75, 3.05) is 0 Å². The zero-order valence-electron chi connectivity index (χ0n) is 9.12. The number of hydrogen-bond acceptors (Lipinski definition) is 9. The number of carbonyl (C=O) groups excluding carboxylic acids is 3. The van der Waals surface area contributed by atoms with Crippen molar-refractivity contribution in [2.24, 2.45) is 0 Å². The first kappa shape index (κ1) is 19.7. The van der Waals surface area contributed by atoms with E-state index in [-0.39, 0.29) is 17.1 Å². The van der Waals surface area contributed by atoms with Gasteiger partial charge in [-0.15, -0.1) is 0 Å². The van der Waals surface area contributed by atoms with Crippen molar-refractivity contribution < 1.29 is 61.9 Å². The average molecular weight is 318 g/mol. The third-order valence-electron chi connectivity index (χ3n) is 1.92. The van der Waals surface area contributed by atoms with Crippen LogP contribution in [0.5, 0.6) is 0 Å². The summed E-state index contributed by atoms with van der Waals surface area (Å²) >= 11 is 0. The fourth-order valence-corrected chi connectivity index (χ4v) is 1.11. The molecule has 0 heterocycles. The number of aliphatic carboxylic acids is 4. The molecule has 0 saturated heterocycles. The monoisotopic (exact) mass is 318 g/mol. The molecule has 10 nitrogen and oxygen atoms in total. The summed E-state index contributed by atoms with van der Waals surface area (Å²) in [4.78, 5) is 41.6. The normalized spacial score (nSPS) is 13.2. The van der Waals surface area contributed by atoms with E-state index in [0.717, 1.165) is 0 Å². The zero-order valence-corrected chi connectivity index (χ0v) is 10.2. The Bertz CT molecular complexity index is 337. The second kappa shape index (κ2) is 8.43. The molecule has 11 heteroatoms. The van der Waals surface area contributed by atoms with E-state index < -0.39 is 53.9 Å². The molecule has 2 atom stereocenters. The first-order valence-corrected chi connectivity index (χ1v) is 4.47. The topological polar surface area (TPSA) is 181 Å². The molecule has 0 rings (SSSR count). The van der Waals surface area contributed by atoms with Crippen LogP contribution in [-0.2, 0) is 36.2 Å². The molecule has 0 fully saturated rings. The fourth-order valence-electron chi connectivity index (χ4n) is 1.11. The van der Waals surface area contributed by atoms with Gasteiger partial charge in [-0.3, -0.25) is 4.79 Å². The van der Waals surface area contributed by atoms with Gasteiger partial charge in [-0.05, 0) is 0 Å². The van der Waals surface area contributed by atoms with Gasteiger partial charge in [-0.1, -0.05) is 0 Å². The number of hydroxylamine groups is 2. The number of carboxylic acid groups (broad SMARTS) is 4. The van der Waals surface area contributed by atoms with E-state index in [0.29, 0.717) is 0 Å². The van der Waals surface area contributed by atoms with Gasteiger partial charge in [0.05, 0.1) is 12.0 Å². The van der Waals surface area contributed by atoms with Crippen LogP contribution in [0.1, 0.15) is 12.8 Å². The minimum absolute atomic E-state index is 0. The van der Waals surface area contributed by atoms with Gasteiger partial charge in [0.15, 0.2) is 0 Å². The molecule has 0 saturated carbocycles. The average Bonchev–Trinajstić information content (AvgIpc) is 2.20. The molecule has 2 N–H and O–H groups in total. The molecule has 0 aliphatic rings. The summed E-state index contributed by atoms with van der Waals surface area (Å²) in [6, 6.07) is -4.44. The van der Waals surface area contributed by atoms with E-state index in [1.165, 1.54) is 0 Å². The van der Waals surface area contributed by atoms with Gasteiger partial charge >= 0.3 is 23.0 Å². The smallest absolute Gasteiger partial charge is 0.550 e. The predicted octanol–water partition coefficient (Wildman–Crippen LogP) is -5.47. The van der Waals surface area contributed by atoms with Crippen molar-refractivity contribution in [3.63, 3.8) is 0 Å². The maximum Gasteiger partial charge on any atom is 3.00 e. The van der Waals surface area contributed by atoms with Crippen molar-refractivity contribution in [3.05, 3.63) is 0 Å². The van der Waals surface area contributed by atoms with Crippen LogP contribution < -0.4 is 15.3 Å². The van der Waals surface area contributed by atoms with Crippen molar-refractivity contribution in [1.29, 1.82) is 0 Å². The second-order valence-corrected chi connectivity index (χ2v) is 3.22. The van der Waals surface area contributed by atoms with Crippen LogP contribution in [0, 0.1) is 0 Å². The first-order valence-electron chi connectivity index (χ1n) is 4.47. The molecule has 2 unspecified atom stereocenters. The zero-order chi connectivity index (χ0) is 14.5. The van der Waals surface area contributed by atoms with Crippen LogP contribution in [-0.4, -0.2) is 51.3 Å². The van der Waals surface area contributed by atoms with E-state index in [4.69, 9.17) is 5.11 Å². The Morgan fingerprint density at radius 2 is 1.32 bits per heavy atom. The Balaban J connectivity index is 0. The maximum absolute atomic E-state index is 10.6. The number of carbonyl (C=O) groups is 4. The molecule has 1 radical (unpaired) electrons. The predicted molar refractivity (Wildman–Crippen MR) is 43.1 cm³/mol. The van der Waals surface area contributed by atoms with E-state index >= 15 is 0 Å².